The molecule has 0 amide bonds. The fourth-order valence-corrected chi connectivity index (χ4v) is 3.16. The molecular weight excluding hydrogens is 488 g/mol. The Morgan fingerprint density at radius 3 is 2.50 bits per heavy atom. The molecule has 2 aliphatic heterocycles. The van der Waals surface area contributed by atoms with Crippen LogP contribution in [0, 0.1) is 0 Å². The van der Waals surface area contributed by atoms with Gasteiger partial charge in [0.1, 0.15) is 6.04 Å². The van der Waals surface area contributed by atoms with Crippen LogP contribution in [0.4, 0.5) is 13.2 Å². The zero-order chi connectivity index (χ0) is 19.4. The van der Waals surface area contributed by atoms with Gasteiger partial charge in [-0.3, -0.25) is 4.90 Å². The van der Waals surface area contributed by atoms with Crippen LogP contribution in [0.3, 0.4) is 0 Å². The van der Waals surface area contributed by atoms with Gasteiger partial charge in [-0.1, -0.05) is 6.07 Å². The Kier molecular flexibility index (Phi) is 8.05. The average Bonchev–Trinajstić information content (AvgIpc) is 3.12. The first-order chi connectivity index (χ1) is 12.9. The first kappa shape index (κ1) is 22.9. The number of alkyl halides is 3. The van der Waals surface area contributed by atoms with E-state index in [2.05, 4.69) is 10.3 Å². The Morgan fingerprint density at radius 2 is 1.86 bits per heavy atom. The maximum atomic E-state index is 12.9. The summed E-state index contributed by atoms with van der Waals surface area (Å²) in [7, 11) is 0. The molecule has 0 aromatic heterocycles. The summed E-state index contributed by atoms with van der Waals surface area (Å²) < 4.78 is 49.4. The summed E-state index contributed by atoms with van der Waals surface area (Å²) >= 11 is 0. The van der Waals surface area contributed by atoms with Crippen molar-refractivity contribution in [2.75, 3.05) is 39.5 Å². The van der Waals surface area contributed by atoms with E-state index in [0.717, 1.165) is 17.3 Å². The van der Waals surface area contributed by atoms with Crippen molar-refractivity contribution >= 4 is 29.9 Å². The molecule has 10 heteroatoms. The summed E-state index contributed by atoms with van der Waals surface area (Å²) in [4.78, 5) is 8.13. The molecule has 1 aromatic rings. The maximum Gasteiger partial charge on any atom is 0.403 e. The van der Waals surface area contributed by atoms with E-state index in [1.54, 1.807) is 0 Å². The first-order valence-electron chi connectivity index (χ1n) is 9.11. The van der Waals surface area contributed by atoms with E-state index in [-0.39, 0.29) is 30.8 Å². The molecule has 2 aliphatic rings. The number of aliphatic imine (C=N–C) groups is 1. The van der Waals surface area contributed by atoms with Crippen LogP contribution in [0.1, 0.15) is 19.4 Å². The fourth-order valence-electron chi connectivity index (χ4n) is 3.16. The number of hydrogen-bond donors (Lipinski definition) is 1. The highest BCUT2D eigenvalue weighted by molar-refractivity contribution is 14.0. The standard InChI is InChI=1S/C18H25F3N4O2.HI/c1-3-22-17(23-11-14-4-5-15-16(10-14)27-12-26-15)25-8-6-24(7-9-25)13(2)18(19,20)21;/h4-5,10,13H,3,6-9,11-12H2,1-2H3,(H,22,23);1H. The Labute approximate surface area is 180 Å². The second-order valence-electron chi connectivity index (χ2n) is 6.60. The highest BCUT2D eigenvalue weighted by Gasteiger charge is 2.41. The number of halogens is 4. The first-order valence-corrected chi connectivity index (χ1v) is 9.11. The third-order valence-corrected chi connectivity index (χ3v) is 4.82. The lowest BCUT2D eigenvalue weighted by molar-refractivity contribution is -0.181. The molecule has 3 rings (SSSR count). The van der Waals surface area contributed by atoms with Crippen molar-refractivity contribution in [1.82, 2.24) is 15.1 Å². The molecule has 2 heterocycles. The number of piperazine rings is 1. The molecule has 1 atom stereocenters. The zero-order valence-electron chi connectivity index (χ0n) is 16.0. The van der Waals surface area contributed by atoms with Crippen LogP contribution in [0.2, 0.25) is 0 Å². The second-order valence-corrected chi connectivity index (χ2v) is 6.60. The lowest BCUT2D eigenvalue weighted by Crippen LogP contribution is -2.56. The van der Waals surface area contributed by atoms with E-state index in [9.17, 15) is 13.2 Å². The summed E-state index contributed by atoms with van der Waals surface area (Å²) in [6.07, 6.45) is -4.19. The minimum absolute atomic E-state index is 0. The van der Waals surface area contributed by atoms with Gasteiger partial charge in [-0.2, -0.15) is 13.2 Å². The molecule has 1 aromatic carbocycles. The zero-order valence-corrected chi connectivity index (χ0v) is 18.3. The Morgan fingerprint density at radius 1 is 1.18 bits per heavy atom. The largest absolute Gasteiger partial charge is 0.454 e. The van der Waals surface area contributed by atoms with Crippen molar-refractivity contribution in [1.29, 1.82) is 0 Å². The van der Waals surface area contributed by atoms with E-state index >= 15 is 0 Å². The van der Waals surface area contributed by atoms with Crippen LogP contribution in [0.15, 0.2) is 23.2 Å². The third kappa shape index (κ3) is 5.56. The molecule has 0 spiro atoms. The van der Waals surface area contributed by atoms with Gasteiger partial charge in [-0.25, -0.2) is 4.99 Å². The Bertz CT molecular complexity index is 679. The molecule has 28 heavy (non-hydrogen) atoms. The van der Waals surface area contributed by atoms with Crippen LogP contribution >= 0.6 is 24.0 Å². The monoisotopic (exact) mass is 514 g/mol. The topological polar surface area (TPSA) is 49.3 Å². The van der Waals surface area contributed by atoms with Gasteiger partial charge in [-0.15, -0.1) is 24.0 Å². The van der Waals surface area contributed by atoms with Gasteiger partial charge in [-0.05, 0) is 31.5 Å². The van der Waals surface area contributed by atoms with E-state index in [1.165, 1.54) is 11.8 Å². The molecular formula is C18H26F3IN4O2. The smallest absolute Gasteiger partial charge is 0.403 e. The number of ether oxygens (including phenoxy) is 2. The summed E-state index contributed by atoms with van der Waals surface area (Å²) in [5.41, 5.74) is 0.985. The van der Waals surface area contributed by atoms with Gasteiger partial charge < -0.3 is 19.7 Å². The summed E-state index contributed by atoms with van der Waals surface area (Å²) in [6, 6.07) is 4.27. The number of hydrogen-bond acceptors (Lipinski definition) is 4. The predicted molar refractivity (Wildman–Crippen MR) is 111 cm³/mol. The van der Waals surface area contributed by atoms with Crippen molar-refractivity contribution in [3.05, 3.63) is 23.8 Å². The lowest BCUT2D eigenvalue weighted by atomic mass is 10.2. The van der Waals surface area contributed by atoms with Crippen molar-refractivity contribution < 1.29 is 22.6 Å². The SMILES string of the molecule is CCNC(=NCc1ccc2c(c1)OCO2)N1CCN(C(C)C(F)(F)F)CC1.I. The highest BCUT2D eigenvalue weighted by Crippen LogP contribution is 2.32. The quantitative estimate of drug-likeness (QED) is 0.381. The average molecular weight is 514 g/mol. The van der Waals surface area contributed by atoms with Gasteiger partial charge >= 0.3 is 6.18 Å². The third-order valence-electron chi connectivity index (χ3n) is 4.82. The Balaban J connectivity index is 0.00000280. The molecule has 0 aliphatic carbocycles. The van der Waals surface area contributed by atoms with Crippen LogP contribution in [0.5, 0.6) is 11.5 Å². The molecule has 0 saturated carbocycles. The van der Waals surface area contributed by atoms with Gasteiger partial charge in [0.2, 0.25) is 6.79 Å². The molecule has 0 radical (unpaired) electrons. The lowest BCUT2D eigenvalue weighted by Gasteiger charge is -2.39. The predicted octanol–water partition coefficient (Wildman–Crippen LogP) is 3.07. The Hall–Kier alpha value is -1.43. The van der Waals surface area contributed by atoms with Gasteiger partial charge in [0.05, 0.1) is 6.54 Å². The number of fused-ring (bicyclic) bond motifs is 1. The summed E-state index contributed by atoms with van der Waals surface area (Å²) in [6.45, 7) is 6.29. The molecule has 1 fully saturated rings. The van der Waals surface area contributed by atoms with Gasteiger partial charge in [0, 0.05) is 32.7 Å². The summed E-state index contributed by atoms with van der Waals surface area (Å²) in [5.74, 6) is 2.15. The number of nitrogens with zero attached hydrogens (tertiary/aromatic N) is 3. The van der Waals surface area contributed by atoms with Crippen LogP contribution < -0.4 is 14.8 Å². The summed E-state index contributed by atoms with van der Waals surface area (Å²) in [5, 5.41) is 3.23. The van der Waals surface area contributed by atoms with Crippen molar-refractivity contribution in [3.63, 3.8) is 0 Å². The molecule has 1 unspecified atom stereocenters. The molecule has 158 valence electrons. The molecule has 0 bridgehead atoms. The second kappa shape index (κ2) is 9.86. The maximum absolute atomic E-state index is 12.9. The fraction of sp³-hybridized carbons (Fsp3) is 0.611. The molecule has 6 nitrogen and oxygen atoms in total. The van der Waals surface area contributed by atoms with Crippen LogP contribution in [-0.4, -0.2) is 67.5 Å². The number of rotatable bonds is 4. The van der Waals surface area contributed by atoms with Crippen LogP contribution in [0.25, 0.3) is 0 Å². The van der Waals surface area contributed by atoms with Crippen molar-refractivity contribution in [3.8, 4) is 11.5 Å². The number of benzene rings is 1. The van der Waals surface area contributed by atoms with E-state index in [0.29, 0.717) is 45.0 Å². The number of nitrogens with one attached hydrogen (secondary N) is 1. The van der Waals surface area contributed by atoms with Crippen molar-refractivity contribution in [2.24, 2.45) is 4.99 Å². The minimum atomic E-state index is -4.19. The number of guanidine groups is 1. The van der Waals surface area contributed by atoms with E-state index < -0.39 is 12.2 Å². The normalized spacial score (nSPS) is 18.6. The van der Waals surface area contributed by atoms with Crippen LogP contribution in [-0.2, 0) is 6.54 Å². The van der Waals surface area contributed by atoms with E-state index in [4.69, 9.17) is 9.47 Å². The van der Waals surface area contributed by atoms with Crippen molar-refractivity contribution in [2.45, 2.75) is 32.6 Å². The van der Waals surface area contributed by atoms with Gasteiger partial charge in [0.25, 0.3) is 0 Å². The van der Waals surface area contributed by atoms with E-state index in [1.807, 2.05) is 30.0 Å². The highest BCUT2D eigenvalue weighted by atomic mass is 127. The molecule has 1 N–H and O–H groups in total. The van der Waals surface area contributed by atoms with Gasteiger partial charge in [0.15, 0.2) is 17.5 Å². The molecule has 1 saturated heterocycles. The minimum Gasteiger partial charge on any atom is -0.454 e.